The van der Waals surface area contributed by atoms with Crippen LogP contribution in [-0.4, -0.2) is 60.8 Å². The van der Waals surface area contributed by atoms with E-state index in [-0.39, 0.29) is 27.8 Å². The first kappa shape index (κ1) is 27.2. The lowest BCUT2D eigenvalue weighted by Gasteiger charge is -2.19. The van der Waals surface area contributed by atoms with Crippen LogP contribution in [0.2, 0.25) is 10.0 Å². The zero-order chi connectivity index (χ0) is 25.1. The molecule has 9 nitrogen and oxygen atoms in total. The molecule has 2 amide bonds. The largest absolute Gasteiger partial charge is 0.505 e. The van der Waals surface area contributed by atoms with E-state index in [0.29, 0.717) is 6.61 Å². The van der Waals surface area contributed by atoms with E-state index in [9.17, 15) is 19.5 Å². The van der Waals surface area contributed by atoms with Gasteiger partial charge in [-0.15, -0.1) is 0 Å². The first-order chi connectivity index (χ1) is 16.2. The lowest BCUT2D eigenvalue weighted by Crippen LogP contribution is -2.49. The van der Waals surface area contributed by atoms with Gasteiger partial charge in [0.15, 0.2) is 11.5 Å². The fourth-order valence-electron chi connectivity index (χ4n) is 3.06. The Morgan fingerprint density at radius 2 is 1.82 bits per heavy atom. The third-order valence-corrected chi connectivity index (χ3v) is 5.41. The van der Waals surface area contributed by atoms with Gasteiger partial charge < -0.3 is 30.9 Å². The van der Waals surface area contributed by atoms with Crippen molar-refractivity contribution in [2.75, 3.05) is 26.7 Å². The minimum atomic E-state index is -1.23. The number of halogens is 2. The van der Waals surface area contributed by atoms with Gasteiger partial charge >= 0.3 is 5.97 Å². The summed E-state index contributed by atoms with van der Waals surface area (Å²) in [7, 11) is 1.84. The third-order valence-electron chi connectivity index (χ3n) is 4.78. The molecule has 0 fully saturated rings. The minimum Gasteiger partial charge on any atom is -0.505 e. The zero-order valence-electron chi connectivity index (χ0n) is 18.6. The Morgan fingerprint density at radius 1 is 1.12 bits per heavy atom. The molecule has 0 radical (unpaired) electrons. The van der Waals surface area contributed by atoms with Crippen molar-refractivity contribution in [1.82, 2.24) is 16.0 Å². The summed E-state index contributed by atoms with van der Waals surface area (Å²) in [5.41, 5.74) is 0.488. The molecule has 0 saturated heterocycles. The van der Waals surface area contributed by atoms with Gasteiger partial charge in [0.05, 0.1) is 17.2 Å². The number of hydrogen-bond donors (Lipinski definition) is 5. The number of aromatic hydroxyl groups is 1. The Hall–Kier alpha value is -3.01. The maximum Gasteiger partial charge on any atom is 0.322 e. The molecule has 0 aliphatic rings. The fourth-order valence-corrected chi connectivity index (χ4v) is 3.62. The molecule has 0 saturated carbocycles. The molecule has 184 valence electrons. The molecule has 0 heterocycles. The van der Waals surface area contributed by atoms with Crippen molar-refractivity contribution in [2.24, 2.45) is 0 Å². The molecule has 0 aliphatic carbocycles. The second-order valence-corrected chi connectivity index (χ2v) is 8.17. The van der Waals surface area contributed by atoms with Crippen LogP contribution in [0.1, 0.15) is 28.8 Å². The summed E-state index contributed by atoms with van der Waals surface area (Å²) in [6.07, 6.45) is 1.68. The number of unbranched alkanes of at least 4 members (excludes halogenated alkanes) is 1. The van der Waals surface area contributed by atoms with Crippen molar-refractivity contribution in [2.45, 2.75) is 25.3 Å². The van der Waals surface area contributed by atoms with Crippen LogP contribution < -0.4 is 20.7 Å². The van der Waals surface area contributed by atoms with E-state index < -0.39 is 36.1 Å². The number of benzene rings is 2. The van der Waals surface area contributed by atoms with Gasteiger partial charge in [-0.05, 0) is 38.1 Å². The average Bonchev–Trinajstić information content (AvgIpc) is 2.81. The van der Waals surface area contributed by atoms with E-state index in [2.05, 4.69) is 16.0 Å². The number of carboxylic acid groups (broad SMARTS) is 1. The van der Waals surface area contributed by atoms with Crippen molar-refractivity contribution >= 4 is 41.0 Å². The van der Waals surface area contributed by atoms with Gasteiger partial charge in [-0.3, -0.25) is 14.4 Å². The van der Waals surface area contributed by atoms with Crippen LogP contribution in [0, 0.1) is 0 Å². The third kappa shape index (κ3) is 8.09. The Labute approximate surface area is 207 Å². The molecule has 0 spiro atoms. The van der Waals surface area contributed by atoms with Crippen LogP contribution in [0.3, 0.4) is 0 Å². The number of carbonyl (C=O) groups is 3. The second kappa shape index (κ2) is 13.6. The molecule has 11 heteroatoms. The fraction of sp³-hybridized carbons (Fsp3) is 0.348. The van der Waals surface area contributed by atoms with Crippen LogP contribution in [0.25, 0.3) is 0 Å². The van der Waals surface area contributed by atoms with Crippen molar-refractivity contribution in [3.05, 3.63) is 57.6 Å². The summed E-state index contributed by atoms with van der Waals surface area (Å²) in [6.45, 7) is 0.525. The Morgan fingerprint density at radius 3 is 2.47 bits per heavy atom. The molecule has 34 heavy (non-hydrogen) atoms. The van der Waals surface area contributed by atoms with Crippen LogP contribution in [0.5, 0.6) is 11.5 Å². The molecule has 2 rings (SSSR count). The van der Waals surface area contributed by atoms with Gasteiger partial charge in [-0.25, -0.2) is 0 Å². The summed E-state index contributed by atoms with van der Waals surface area (Å²) < 4.78 is 5.58. The van der Waals surface area contributed by atoms with Crippen molar-refractivity contribution in [1.29, 1.82) is 0 Å². The highest BCUT2D eigenvalue weighted by molar-refractivity contribution is 6.39. The van der Waals surface area contributed by atoms with Crippen LogP contribution >= 0.6 is 23.2 Å². The predicted octanol–water partition coefficient (Wildman–Crippen LogP) is 2.62. The monoisotopic (exact) mass is 511 g/mol. The van der Waals surface area contributed by atoms with Gasteiger partial charge in [0.2, 0.25) is 5.91 Å². The van der Waals surface area contributed by atoms with Gasteiger partial charge in [0.25, 0.3) is 5.91 Å². The van der Waals surface area contributed by atoms with Crippen molar-refractivity contribution < 1.29 is 29.3 Å². The lowest BCUT2D eigenvalue weighted by atomic mass is 10.0. The van der Waals surface area contributed by atoms with E-state index in [4.69, 9.17) is 33.0 Å². The molecule has 0 aliphatic heterocycles. The van der Waals surface area contributed by atoms with Gasteiger partial charge in [0, 0.05) is 6.42 Å². The Bertz CT molecular complexity index is 1000. The predicted molar refractivity (Wildman–Crippen MR) is 129 cm³/mol. The number of carboxylic acids is 1. The Balaban J connectivity index is 2.19. The maximum atomic E-state index is 12.9. The molecule has 0 aromatic heterocycles. The highest BCUT2D eigenvalue weighted by Gasteiger charge is 2.26. The molecule has 5 N–H and O–H groups in total. The van der Waals surface area contributed by atoms with E-state index in [0.717, 1.165) is 24.9 Å². The van der Waals surface area contributed by atoms with Crippen LogP contribution in [0.15, 0.2) is 36.4 Å². The second-order valence-electron chi connectivity index (χ2n) is 7.38. The van der Waals surface area contributed by atoms with Crippen molar-refractivity contribution in [3.8, 4) is 11.5 Å². The summed E-state index contributed by atoms with van der Waals surface area (Å²) in [5, 5.41) is 26.9. The van der Waals surface area contributed by atoms with Gasteiger partial charge in [-0.1, -0.05) is 53.5 Å². The molecule has 0 unspecified atom stereocenters. The van der Waals surface area contributed by atoms with E-state index in [1.807, 2.05) is 7.05 Å². The number of rotatable bonds is 13. The SMILES string of the molecule is CNCCCCOc1c(Cl)cc(C(=O)N[C@@H](Cc2ccccc2)C(=O)NCC(=O)O)c(O)c1Cl. The van der Waals surface area contributed by atoms with Crippen LogP contribution in [0.4, 0.5) is 0 Å². The summed E-state index contributed by atoms with van der Waals surface area (Å²) in [4.78, 5) is 36.3. The molecule has 2 aromatic rings. The summed E-state index contributed by atoms with van der Waals surface area (Å²) in [5.74, 6) is -3.22. The molecule has 1 atom stereocenters. The smallest absolute Gasteiger partial charge is 0.322 e. The van der Waals surface area contributed by atoms with Gasteiger partial charge in [0.1, 0.15) is 17.6 Å². The number of hydrogen-bond acceptors (Lipinski definition) is 6. The number of phenolic OH excluding ortho intramolecular Hbond substituents is 1. The van der Waals surface area contributed by atoms with Crippen LogP contribution in [-0.2, 0) is 16.0 Å². The number of carbonyl (C=O) groups excluding carboxylic acids is 2. The number of nitrogens with one attached hydrogen (secondary N) is 3. The topological polar surface area (TPSA) is 137 Å². The highest BCUT2D eigenvalue weighted by Crippen LogP contribution is 2.42. The van der Waals surface area contributed by atoms with Crippen molar-refractivity contribution in [3.63, 3.8) is 0 Å². The maximum absolute atomic E-state index is 12.9. The number of phenols is 1. The average molecular weight is 512 g/mol. The zero-order valence-corrected chi connectivity index (χ0v) is 20.1. The van der Waals surface area contributed by atoms with E-state index >= 15 is 0 Å². The molecular formula is C23H27Cl2N3O6. The quantitative estimate of drug-likeness (QED) is 0.260. The normalized spacial score (nSPS) is 11.5. The standard InChI is InChI=1S/C23H27Cl2N3O6/c1-26-9-5-6-10-34-21-16(24)12-15(20(31)19(21)25)22(32)28-17(23(33)27-13-18(29)30)11-14-7-3-2-4-8-14/h2-4,7-8,12,17,26,31H,5-6,9-11,13H2,1H3,(H,27,33)(H,28,32)(H,29,30)/t17-/m0/s1. The molecule has 0 bridgehead atoms. The summed E-state index contributed by atoms with van der Waals surface area (Å²) >= 11 is 12.5. The molecular weight excluding hydrogens is 485 g/mol. The summed E-state index contributed by atoms with van der Waals surface area (Å²) in [6, 6.07) is 8.95. The van der Waals surface area contributed by atoms with E-state index in [1.54, 1.807) is 30.3 Å². The molecule has 2 aromatic carbocycles. The van der Waals surface area contributed by atoms with E-state index in [1.165, 1.54) is 6.07 Å². The first-order valence-corrected chi connectivity index (χ1v) is 11.3. The Kier molecular flexibility index (Phi) is 10.9. The first-order valence-electron chi connectivity index (χ1n) is 10.6. The number of amides is 2. The number of aliphatic carboxylic acids is 1. The highest BCUT2D eigenvalue weighted by atomic mass is 35.5. The lowest BCUT2D eigenvalue weighted by molar-refractivity contribution is -0.138. The minimum absolute atomic E-state index is 0.0245. The van der Waals surface area contributed by atoms with Gasteiger partial charge in [-0.2, -0.15) is 0 Å². The number of ether oxygens (including phenoxy) is 1.